The average Bonchev–Trinajstić information content (AvgIpc) is 3.01. The molecule has 2 heterocycles. The first-order chi connectivity index (χ1) is 10.5. The van der Waals surface area contributed by atoms with E-state index in [2.05, 4.69) is 15.1 Å². The van der Waals surface area contributed by atoms with Crippen molar-refractivity contribution >= 4 is 5.91 Å². The van der Waals surface area contributed by atoms with E-state index in [9.17, 15) is 13.6 Å². The second kappa shape index (κ2) is 5.93. The maximum Gasteiger partial charge on any atom is 0.237 e. The number of benzene rings is 1. The summed E-state index contributed by atoms with van der Waals surface area (Å²) in [4.78, 5) is 16.3. The van der Waals surface area contributed by atoms with Gasteiger partial charge in [-0.05, 0) is 37.1 Å². The van der Waals surface area contributed by atoms with Crippen molar-refractivity contribution in [2.45, 2.75) is 25.0 Å². The van der Waals surface area contributed by atoms with E-state index in [1.165, 1.54) is 12.1 Å². The summed E-state index contributed by atoms with van der Waals surface area (Å²) in [5, 5.41) is 2.72. The number of fused-ring (bicyclic) bond motifs is 1. The molecular weight excluding hydrogens is 288 g/mol. The zero-order valence-corrected chi connectivity index (χ0v) is 12.9. The molecule has 0 saturated carbocycles. The summed E-state index contributed by atoms with van der Waals surface area (Å²) in [6, 6.07) is 4.37. The van der Waals surface area contributed by atoms with Gasteiger partial charge < -0.3 is 5.32 Å². The van der Waals surface area contributed by atoms with Crippen LogP contribution < -0.4 is 5.32 Å². The lowest BCUT2D eigenvalue weighted by Gasteiger charge is -2.25. The van der Waals surface area contributed by atoms with Gasteiger partial charge in [-0.15, -0.1) is 0 Å². The van der Waals surface area contributed by atoms with Gasteiger partial charge in [0.1, 0.15) is 0 Å². The van der Waals surface area contributed by atoms with Crippen LogP contribution in [0, 0.1) is 17.6 Å². The van der Waals surface area contributed by atoms with Crippen molar-refractivity contribution < 1.29 is 13.6 Å². The zero-order valence-electron chi connectivity index (χ0n) is 12.9. The third-order valence-corrected chi connectivity index (χ3v) is 4.96. The number of nitrogens with zero attached hydrogens (tertiary/aromatic N) is 2. The Hall–Kier alpha value is -1.53. The monoisotopic (exact) mass is 309 g/mol. The van der Waals surface area contributed by atoms with Gasteiger partial charge in [0.05, 0.1) is 6.04 Å². The van der Waals surface area contributed by atoms with E-state index in [1.807, 2.05) is 7.05 Å². The number of likely N-dealkylation sites (tertiary alicyclic amines) is 2. The van der Waals surface area contributed by atoms with Crippen LogP contribution in [0.15, 0.2) is 18.2 Å². The number of hydrogen-bond acceptors (Lipinski definition) is 3. The molecule has 0 aliphatic carbocycles. The highest BCUT2D eigenvalue weighted by Crippen LogP contribution is 2.35. The third kappa shape index (κ3) is 2.73. The molecule has 3 atom stereocenters. The summed E-state index contributed by atoms with van der Waals surface area (Å²) in [5.74, 6) is -1.08. The molecule has 3 rings (SSSR count). The standard InChI is InChI=1S/C16H21F2N3O/c1-19-16(22)14-6-11-8-21(9-15(11)20(14)2)7-10-3-4-12(17)13(18)5-10/h3-5,11,14-15H,6-9H2,1-2H3,(H,19,22)/t11-,14+,15+/m1/s1. The van der Waals surface area contributed by atoms with Crippen LogP contribution >= 0.6 is 0 Å². The lowest BCUT2D eigenvalue weighted by molar-refractivity contribution is -0.125. The molecule has 0 spiro atoms. The Balaban J connectivity index is 1.63. The smallest absolute Gasteiger partial charge is 0.237 e. The molecule has 2 saturated heterocycles. The minimum atomic E-state index is -0.810. The molecule has 120 valence electrons. The van der Waals surface area contributed by atoms with Gasteiger partial charge in [0.2, 0.25) is 5.91 Å². The predicted molar refractivity (Wildman–Crippen MR) is 79.1 cm³/mol. The van der Waals surface area contributed by atoms with Crippen LogP contribution in [0.1, 0.15) is 12.0 Å². The Labute approximate surface area is 129 Å². The number of hydrogen-bond donors (Lipinski definition) is 1. The summed E-state index contributed by atoms with van der Waals surface area (Å²) in [5.41, 5.74) is 0.782. The minimum Gasteiger partial charge on any atom is -0.358 e. The van der Waals surface area contributed by atoms with Crippen molar-refractivity contribution in [3.8, 4) is 0 Å². The van der Waals surface area contributed by atoms with Crippen LogP contribution in [0.2, 0.25) is 0 Å². The molecule has 0 unspecified atom stereocenters. The molecule has 1 N–H and O–H groups in total. The number of nitrogens with one attached hydrogen (secondary N) is 1. The topological polar surface area (TPSA) is 35.6 Å². The van der Waals surface area contributed by atoms with Crippen LogP contribution in [-0.2, 0) is 11.3 Å². The molecular formula is C16H21F2N3O. The van der Waals surface area contributed by atoms with Crippen LogP contribution in [0.25, 0.3) is 0 Å². The quantitative estimate of drug-likeness (QED) is 0.912. The molecule has 1 aromatic rings. The maximum atomic E-state index is 13.3. The van der Waals surface area contributed by atoms with E-state index in [-0.39, 0.29) is 11.9 Å². The number of carbonyl (C=O) groups is 1. The number of rotatable bonds is 3. The van der Waals surface area contributed by atoms with Gasteiger partial charge in [-0.3, -0.25) is 14.6 Å². The van der Waals surface area contributed by atoms with Crippen molar-refractivity contribution in [2.75, 3.05) is 27.2 Å². The molecule has 0 radical (unpaired) electrons. The number of amides is 1. The van der Waals surface area contributed by atoms with Crippen LogP contribution in [0.3, 0.4) is 0 Å². The van der Waals surface area contributed by atoms with Gasteiger partial charge in [0.15, 0.2) is 11.6 Å². The Morgan fingerprint density at radius 1 is 1.32 bits per heavy atom. The Kier molecular flexibility index (Phi) is 4.14. The molecule has 1 aromatic carbocycles. The van der Waals surface area contributed by atoms with Crippen LogP contribution in [0.4, 0.5) is 8.78 Å². The molecule has 4 nitrogen and oxygen atoms in total. The Bertz CT molecular complexity index is 581. The highest BCUT2D eigenvalue weighted by atomic mass is 19.2. The van der Waals surface area contributed by atoms with Crippen molar-refractivity contribution in [1.82, 2.24) is 15.1 Å². The zero-order chi connectivity index (χ0) is 15.9. The minimum absolute atomic E-state index is 0.0505. The molecule has 2 fully saturated rings. The lowest BCUT2D eigenvalue weighted by atomic mass is 10.0. The van der Waals surface area contributed by atoms with E-state index in [0.29, 0.717) is 18.5 Å². The fourth-order valence-electron chi connectivity index (χ4n) is 3.80. The average molecular weight is 309 g/mol. The third-order valence-electron chi connectivity index (χ3n) is 4.96. The fourth-order valence-corrected chi connectivity index (χ4v) is 3.80. The first kappa shape index (κ1) is 15.4. The molecule has 2 aliphatic heterocycles. The summed E-state index contributed by atoms with van der Waals surface area (Å²) in [7, 11) is 3.66. The van der Waals surface area contributed by atoms with Gasteiger partial charge >= 0.3 is 0 Å². The van der Waals surface area contributed by atoms with E-state index >= 15 is 0 Å². The molecule has 6 heteroatoms. The second-order valence-electron chi connectivity index (χ2n) is 6.30. The summed E-state index contributed by atoms with van der Waals surface area (Å²) in [6.07, 6.45) is 0.856. The molecule has 0 aromatic heterocycles. The predicted octanol–water partition coefficient (Wildman–Crippen LogP) is 1.22. The SMILES string of the molecule is CNC(=O)[C@@H]1C[C@@H]2CN(Cc3ccc(F)c(F)c3)C[C@@H]2N1C. The summed E-state index contributed by atoms with van der Waals surface area (Å²) < 4.78 is 26.2. The Morgan fingerprint density at radius 2 is 2.09 bits per heavy atom. The highest BCUT2D eigenvalue weighted by Gasteiger charge is 2.46. The van der Waals surface area contributed by atoms with Crippen LogP contribution in [0.5, 0.6) is 0 Å². The molecule has 0 bridgehead atoms. The molecule has 22 heavy (non-hydrogen) atoms. The second-order valence-corrected chi connectivity index (χ2v) is 6.30. The van der Waals surface area contributed by atoms with Crippen molar-refractivity contribution in [2.24, 2.45) is 5.92 Å². The van der Waals surface area contributed by atoms with Crippen LogP contribution in [-0.4, -0.2) is 55.0 Å². The largest absolute Gasteiger partial charge is 0.358 e. The Morgan fingerprint density at radius 3 is 2.73 bits per heavy atom. The lowest BCUT2D eigenvalue weighted by Crippen LogP contribution is -2.44. The fraction of sp³-hybridized carbons (Fsp3) is 0.562. The van der Waals surface area contributed by atoms with Gasteiger partial charge in [-0.1, -0.05) is 6.07 Å². The van der Waals surface area contributed by atoms with Gasteiger partial charge in [-0.25, -0.2) is 8.78 Å². The van der Waals surface area contributed by atoms with E-state index in [0.717, 1.165) is 25.1 Å². The normalized spacial score (nSPS) is 28.8. The first-order valence-corrected chi connectivity index (χ1v) is 7.59. The number of halogens is 2. The number of carbonyl (C=O) groups excluding carboxylic acids is 1. The maximum absolute atomic E-state index is 13.3. The molecule has 1 amide bonds. The molecule has 2 aliphatic rings. The van der Waals surface area contributed by atoms with Gasteiger partial charge in [0.25, 0.3) is 0 Å². The van der Waals surface area contributed by atoms with E-state index in [4.69, 9.17) is 0 Å². The summed E-state index contributed by atoms with van der Waals surface area (Å²) in [6.45, 7) is 2.36. The van der Waals surface area contributed by atoms with Crippen molar-refractivity contribution in [3.63, 3.8) is 0 Å². The first-order valence-electron chi connectivity index (χ1n) is 7.59. The number of likely N-dealkylation sites (N-methyl/N-ethyl adjacent to an activating group) is 2. The van der Waals surface area contributed by atoms with E-state index < -0.39 is 11.6 Å². The van der Waals surface area contributed by atoms with Crippen molar-refractivity contribution in [1.29, 1.82) is 0 Å². The van der Waals surface area contributed by atoms with Gasteiger partial charge in [-0.2, -0.15) is 0 Å². The van der Waals surface area contributed by atoms with E-state index in [1.54, 1.807) is 13.1 Å². The van der Waals surface area contributed by atoms with Crippen molar-refractivity contribution in [3.05, 3.63) is 35.4 Å². The highest BCUT2D eigenvalue weighted by molar-refractivity contribution is 5.81. The summed E-state index contributed by atoms with van der Waals surface area (Å²) >= 11 is 0. The van der Waals surface area contributed by atoms with Gasteiger partial charge in [0, 0.05) is 32.7 Å².